The van der Waals surface area contributed by atoms with Crippen LogP contribution in [0.4, 0.5) is 10.4 Å². The Morgan fingerprint density at radius 2 is 2.00 bits per heavy atom. The Bertz CT molecular complexity index is 989. The van der Waals surface area contributed by atoms with Crippen molar-refractivity contribution < 1.29 is 13.6 Å². The summed E-state index contributed by atoms with van der Waals surface area (Å²) in [6, 6.07) is 9.53. The summed E-state index contributed by atoms with van der Waals surface area (Å²) >= 11 is 0. The first-order chi connectivity index (χ1) is 13.7. The minimum absolute atomic E-state index is 0.0445. The smallest absolute Gasteiger partial charge is 0.299 e. The first-order valence-corrected chi connectivity index (χ1v) is 9.70. The van der Waals surface area contributed by atoms with Gasteiger partial charge in [-0.05, 0) is 48.1 Å². The third-order valence-electron chi connectivity index (χ3n) is 5.53. The van der Waals surface area contributed by atoms with E-state index in [2.05, 4.69) is 9.97 Å². The fourth-order valence-corrected chi connectivity index (χ4v) is 3.69. The van der Waals surface area contributed by atoms with Crippen molar-refractivity contribution in [3.8, 4) is 0 Å². The van der Waals surface area contributed by atoms with Crippen molar-refractivity contribution >= 4 is 23.2 Å². The van der Waals surface area contributed by atoms with E-state index in [0.717, 1.165) is 23.9 Å². The lowest BCUT2D eigenvalue weighted by Crippen LogP contribution is -2.49. The van der Waals surface area contributed by atoms with E-state index in [1.807, 2.05) is 23.1 Å². The van der Waals surface area contributed by atoms with E-state index in [9.17, 15) is 9.18 Å². The molecule has 3 aromatic rings. The molecule has 144 valence electrons. The highest BCUT2D eigenvalue weighted by Gasteiger charge is 2.26. The zero-order valence-corrected chi connectivity index (χ0v) is 15.5. The number of carbonyl (C=O) groups is 1. The molecule has 0 unspecified atom stereocenters. The van der Waals surface area contributed by atoms with E-state index in [-0.39, 0.29) is 18.1 Å². The van der Waals surface area contributed by atoms with Gasteiger partial charge in [-0.15, -0.1) is 0 Å². The van der Waals surface area contributed by atoms with Gasteiger partial charge < -0.3 is 14.2 Å². The standard InChI is InChI=1S/C21H21FN4O2/c22-17-12-15(14-3-4-14)5-6-16(17)13-19(27)25-8-10-26(11-9-25)21-24-18-2-1-7-23-20(18)28-21/h1-2,5-7,12,14H,3-4,8-11,13H2. The molecule has 0 radical (unpaired) electrons. The maximum atomic E-state index is 14.3. The van der Waals surface area contributed by atoms with Gasteiger partial charge in [0, 0.05) is 32.4 Å². The average molecular weight is 380 g/mol. The molecule has 3 heterocycles. The zero-order chi connectivity index (χ0) is 19.1. The fourth-order valence-electron chi connectivity index (χ4n) is 3.69. The molecule has 1 aliphatic heterocycles. The largest absolute Gasteiger partial charge is 0.404 e. The highest BCUT2D eigenvalue weighted by atomic mass is 19.1. The number of benzene rings is 1. The van der Waals surface area contributed by atoms with Crippen LogP contribution in [0.3, 0.4) is 0 Å². The number of pyridine rings is 1. The molecule has 7 heteroatoms. The first-order valence-electron chi connectivity index (χ1n) is 9.70. The summed E-state index contributed by atoms with van der Waals surface area (Å²) in [5.41, 5.74) is 2.76. The number of piperazine rings is 1. The van der Waals surface area contributed by atoms with Gasteiger partial charge in [-0.1, -0.05) is 12.1 Å². The van der Waals surface area contributed by atoms with Crippen molar-refractivity contribution in [3.63, 3.8) is 0 Å². The minimum atomic E-state index is -0.268. The fraction of sp³-hybridized carbons (Fsp3) is 0.381. The van der Waals surface area contributed by atoms with Gasteiger partial charge in [0.1, 0.15) is 11.3 Å². The average Bonchev–Trinajstić information content (AvgIpc) is 3.48. The monoisotopic (exact) mass is 380 g/mol. The van der Waals surface area contributed by atoms with Crippen molar-refractivity contribution in [2.45, 2.75) is 25.2 Å². The second-order valence-electron chi connectivity index (χ2n) is 7.49. The first kappa shape index (κ1) is 17.2. The van der Waals surface area contributed by atoms with Crippen LogP contribution in [0.25, 0.3) is 11.2 Å². The van der Waals surface area contributed by atoms with E-state index < -0.39 is 0 Å². The zero-order valence-electron chi connectivity index (χ0n) is 15.5. The molecule has 2 aliphatic rings. The third kappa shape index (κ3) is 3.32. The SMILES string of the molecule is O=C(Cc1ccc(C2CC2)cc1F)N1CCN(c2nc3cccnc3o2)CC1. The van der Waals surface area contributed by atoms with Gasteiger partial charge in [0.25, 0.3) is 6.01 Å². The number of oxazole rings is 1. The van der Waals surface area contributed by atoms with Gasteiger partial charge in [-0.25, -0.2) is 9.37 Å². The second kappa shape index (κ2) is 6.89. The maximum absolute atomic E-state index is 14.3. The third-order valence-corrected chi connectivity index (χ3v) is 5.53. The summed E-state index contributed by atoms with van der Waals surface area (Å²) in [6.45, 7) is 2.38. The number of fused-ring (bicyclic) bond motifs is 1. The van der Waals surface area contributed by atoms with Crippen LogP contribution in [-0.2, 0) is 11.2 Å². The van der Waals surface area contributed by atoms with Crippen LogP contribution in [0.15, 0.2) is 40.9 Å². The number of halogens is 1. The molecule has 0 atom stereocenters. The van der Waals surface area contributed by atoms with Crippen molar-refractivity contribution in [2.75, 3.05) is 31.1 Å². The van der Waals surface area contributed by atoms with Gasteiger partial charge in [0.15, 0.2) is 0 Å². The van der Waals surface area contributed by atoms with Crippen LogP contribution in [0.5, 0.6) is 0 Å². The van der Waals surface area contributed by atoms with Crippen molar-refractivity contribution in [1.29, 1.82) is 0 Å². The molecule has 0 bridgehead atoms. The topological polar surface area (TPSA) is 62.5 Å². The van der Waals surface area contributed by atoms with E-state index in [1.165, 1.54) is 0 Å². The molecule has 0 spiro atoms. The molecule has 1 saturated heterocycles. The summed E-state index contributed by atoms with van der Waals surface area (Å²) in [7, 11) is 0. The van der Waals surface area contributed by atoms with Crippen LogP contribution in [0, 0.1) is 5.82 Å². The Morgan fingerprint density at radius 1 is 1.18 bits per heavy atom. The lowest BCUT2D eigenvalue weighted by Gasteiger charge is -2.33. The summed E-state index contributed by atoms with van der Waals surface area (Å²) in [4.78, 5) is 25.0. The molecule has 28 heavy (non-hydrogen) atoms. The molecule has 5 rings (SSSR count). The molecule has 1 amide bonds. The Morgan fingerprint density at radius 3 is 2.71 bits per heavy atom. The summed E-state index contributed by atoms with van der Waals surface area (Å²) in [5, 5.41) is 0. The predicted molar refractivity (Wildman–Crippen MR) is 103 cm³/mol. The van der Waals surface area contributed by atoms with E-state index in [0.29, 0.717) is 49.4 Å². The van der Waals surface area contributed by atoms with Gasteiger partial charge in [0.2, 0.25) is 11.6 Å². The lowest BCUT2D eigenvalue weighted by molar-refractivity contribution is -0.130. The van der Waals surface area contributed by atoms with Crippen molar-refractivity contribution in [2.24, 2.45) is 0 Å². The highest BCUT2D eigenvalue weighted by Crippen LogP contribution is 2.40. The Labute approximate surface area is 162 Å². The van der Waals surface area contributed by atoms with Crippen molar-refractivity contribution in [3.05, 3.63) is 53.5 Å². The number of hydrogen-bond acceptors (Lipinski definition) is 5. The number of nitrogens with zero attached hydrogens (tertiary/aromatic N) is 4. The molecule has 6 nitrogen and oxygen atoms in total. The van der Waals surface area contributed by atoms with Gasteiger partial charge in [0.05, 0.1) is 6.42 Å². The van der Waals surface area contributed by atoms with Crippen LogP contribution in [0.1, 0.15) is 29.9 Å². The van der Waals surface area contributed by atoms with Crippen LogP contribution < -0.4 is 4.90 Å². The molecular formula is C21H21FN4O2. The number of anilines is 1. The lowest BCUT2D eigenvalue weighted by atomic mass is 10.0. The van der Waals surface area contributed by atoms with E-state index in [1.54, 1.807) is 23.2 Å². The molecule has 0 N–H and O–H groups in total. The Balaban J connectivity index is 1.21. The van der Waals surface area contributed by atoms with E-state index in [4.69, 9.17) is 4.42 Å². The predicted octanol–water partition coefficient (Wildman–Crippen LogP) is 3.13. The molecular weight excluding hydrogens is 359 g/mol. The number of carbonyl (C=O) groups excluding carboxylic acids is 1. The number of hydrogen-bond donors (Lipinski definition) is 0. The maximum Gasteiger partial charge on any atom is 0.299 e. The molecule has 2 fully saturated rings. The second-order valence-corrected chi connectivity index (χ2v) is 7.49. The van der Waals surface area contributed by atoms with Crippen molar-refractivity contribution in [1.82, 2.24) is 14.9 Å². The minimum Gasteiger partial charge on any atom is -0.404 e. The summed E-state index contributed by atoms with van der Waals surface area (Å²) < 4.78 is 20.0. The number of aromatic nitrogens is 2. The Kier molecular flexibility index (Phi) is 4.22. The molecule has 1 aromatic carbocycles. The summed E-state index contributed by atoms with van der Waals surface area (Å²) in [6.07, 6.45) is 4.05. The number of rotatable bonds is 4. The molecule has 2 aromatic heterocycles. The number of amides is 1. The van der Waals surface area contributed by atoms with Crippen LogP contribution >= 0.6 is 0 Å². The quantitative estimate of drug-likeness (QED) is 0.696. The highest BCUT2D eigenvalue weighted by molar-refractivity contribution is 5.79. The molecule has 1 saturated carbocycles. The van der Waals surface area contributed by atoms with Crippen LogP contribution in [0.2, 0.25) is 0 Å². The summed E-state index contributed by atoms with van der Waals surface area (Å²) in [5.74, 6) is 0.196. The van der Waals surface area contributed by atoms with Gasteiger partial charge >= 0.3 is 0 Å². The van der Waals surface area contributed by atoms with Gasteiger partial charge in [-0.3, -0.25) is 4.79 Å². The van der Waals surface area contributed by atoms with Gasteiger partial charge in [-0.2, -0.15) is 4.98 Å². The molecule has 1 aliphatic carbocycles. The van der Waals surface area contributed by atoms with Crippen LogP contribution in [-0.4, -0.2) is 47.0 Å². The normalized spacial score (nSPS) is 17.3. The van der Waals surface area contributed by atoms with E-state index >= 15 is 0 Å². The Hall–Kier alpha value is -2.96.